The van der Waals surface area contributed by atoms with Gasteiger partial charge in [-0.25, -0.2) is 8.42 Å². The number of rotatable bonds is 17. The van der Waals surface area contributed by atoms with Gasteiger partial charge in [0.2, 0.25) is 22.7 Å². The Morgan fingerprint density at radius 2 is 1.80 bits per heavy atom. The van der Waals surface area contributed by atoms with Crippen molar-refractivity contribution in [2.45, 2.75) is 89.2 Å². The maximum atomic E-state index is 14.4. The van der Waals surface area contributed by atoms with Crippen LogP contribution >= 0.6 is 0 Å². The van der Waals surface area contributed by atoms with Crippen LogP contribution < -0.4 is 19.9 Å². The van der Waals surface area contributed by atoms with E-state index in [0.29, 0.717) is 43.9 Å². The van der Waals surface area contributed by atoms with Gasteiger partial charge in [0.15, 0.2) is 17.8 Å². The van der Waals surface area contributed by atoms with E-state index in [9.17, 15) is 28.2 Å². The monoisotopic (exact) mass is 716 g/mol. The van der Waals surface area contributed by atoms with E-state index >= 15 is 0 Å². The normalized spacial score (nSPS) is 21.3. The van der Waals surface area contributed by atoms with Crippen molar-refractivity contribution in [1.29, 1.82) is 0 Å². The summed E-state index contributed by atoms with van der Waals surface area (Å²) in [5.74, 6) is 0.362. The van der Waals surface area contributed by atoms with Gasteiger partial charge in [-0.15, -0.1) is 0 Å². The number of aliphatic hydroxyl groups is 1. The number of nitrogens with one attached hydrogen (secondary N) is 1. The van der Waals surface area contributed by atoms with Gasteiger partial charge in [0.1, 0.15) is 6.09 Å². The van der Waals surface area contributed by atoms with Crippen molar-refractivity contribution < 1.29 is 47.2 Å². The van der Waals surface area contributed by atoms with E-state index in [1.807, 2.05) is 58.0 Å². The molecule has 14 heteroatoms. The number of hydrogen-bond acceptors (Lipinski definition) is 10. The topological polar surface area (TPSA) is 167 Å². The van der Waals surface area contributed by atoms with Crippen LogP contribution in [-0.2, 0) is 30.7 Å². The van der Waals surface area contributed by atoms with Gasteiger partial charge in [0.05, 0.1) is 36.3 Å². The highest BCUT2D eigenvalue weighted by atomic mass is 32.2. The lowest BCUT2D eigenvalue weighted by Gasteiger charge is -2.43. The van der Waals surface area contributed by atoms with Gasteiger partial charge in [0, 0.05) is 37.5 Å². The van der Waals surface area contributed by atoms with Crippen LogP contribution in [0.3, 0.4) is 0 Å². The number of aliphatic hydroxyl groups excluding tert-OH is 1. The molecule has 2 N–H and O–H groups in total. The first-order chi connectivity index (χ1) is 23.8. The lowest BCUT2D eigenvalue weighted by Crippen LogP contribution is -2.61. The number of nitrogens with zero attached hydrogens (tertiary/aromatic N) is 2. The largest absolute Gasteiger partial charge is 0.530 e. The van der Waals surface area contributed by atoms with Crippen molar-refractivity contribution in [2.24, 2.45) is 17.3 Å². The maximum absolute atomic E-state index is 14.4. The fraction of sp³-hybridized carbons (Fsp3) is 0.611. The van der Waals surface area contributed by atoms with E-state index in [1.165, 1.54) is 22.5 Å². The Hall–Kier alpha value is -3.43. The van der Waals surface area contributed by atoms with Crippen molar-refractivity contribution in [3.05, 3.63) is 54.1 Å². The SMILES string of the molecule is CC(C)C(=O)NCCCCC(C)(C)CN(C[C@@H](O)[C@H](Cc1ccccc1)N(C(=O)[O-])[C@H]1CO[C@H]2OCC[C@H]21)S(=O)(=O)c1ccc2c(c1)OCO2. The molecule has 50 heavy (non-hydrogen) atoms. The van der Waals surface area contributed by atoms with Gasteiger partial charge < -0.3 is 44.2 Å². The average Bonchev–Trinajstić information content (AvgIpc) is 3.82. The Morgan fingerprint density at radius 1 is 1.06 bits per heavy atom. The van der Waals surface area contributed by atoms with Crippen LogP contribution in [0.2, 0.25) is 0 Å². The second-order valence-electron chi connectivity index (χ2n) is 14.5. The summed E-state index contributed by atoms with van der Waals surface area (Å²) in [7, 11) is -4.24. The summed E-state index contributed by atoms with van der Waals surface area (Å²) in [6.45, 7) is 8.23. The lowest BCUT2D eigenvalue weighted by molar-refractivity contribution is -0.273. The van der Waals surface area contributed by atoms with E-state index in [2.05, 4.69) is 5.32 Å². The zero-order valence-corrected chi connectivity index (χ0v) is 30.1. The number of carboxylic acid groups (broad SMARTS) is 1. The molecular weight excluding hydrogens is 666 g/mol. The Kier molecular flexibility index (Phi) is 12.3. The Morgan fingerprint density at radius 3 is 2.52 bits per heavy atom. The summed E-state index contributed by atoms with van der Waals surface area (Å²) < 4.78 is 52.4. The van der Waals surface area contributed by atoms with Crippen LogP contribution in [0.15, 0.2) is 53.4 Å². The molecular formula is C36H50N3O10S-. The van der Waals surface area contributed by atoms with Gasteiger partial charge in [-0.2, -0.15) is 4.31 Å². The van der Waals surface area contributed by atoms with Crippen LogP contribution in [0.5, 0.6) is 11.5 Å². The second-order valence-corrected chi connectivity index (χ2v) is 16.4. The zero-order chi connectivity index (χ0) is 36.1. The molecule has 2 aromatic rings. The smallest absolute Gasteiger partial charge is 0.243 e. The molecule has 5 atom stereocenters. The molecule has 3 aliphatic heterocycles. The second kappa shape index (κ2) is 16.3. The van der Waals surface area contributed by atoms with Crippen molar-refractivity contribution in [3.63, 3.8) is 0 Å². The number of unbranched alkanes of at least 4 members (excludes halogenated alkanes) is 1. The van der Waals surface area contributed by atoms with Crippen molar-refractivity contribution in [1.82, 2.24) is 14.5 Å². The summed E-state index contributed by atoms with van der Waals surface area (Å²) in [5, 5.41) is 27.9. The van der Waals surface area contributed by atoms with Gasteiger partial charge in [-0.3, -0.25) is 4.79 Å². The minimum Gasteiger partial charge on any atom is -0.530 e. The van der Waals surface area contributed by atoms with Gasteiger partial charge >= 0.3 is 0 Å². The van der Waals surface area contributed by atoms with Crippen LogP contribution in [-0.4, -0.2) is 98.8 Å². The van der Waals surface area contributed by atoms with Crippen molar-refractivity contribution in [2.75, 3.05) is 39.6 Å². The van der Waals surface area contributed by atoms with Gasteiger partial charge in [-0.1, -0.05) is 64.4 Å². The fourth-order valence-corrected chi connectivity index (χ4v) is 8.65. The third-order valence-corrected chi connectivity index (χ3v) is 11.6. The van der Waals surface area contributed by atoms with Crippen LogP contribution in [0.4, 0.5) is 4.79 Å². The first-order valence-electron chi connectivity index (χ1n) is 17.4. The highest BCUT2D eigenvalue weighted by Crippen LogP contribution is 2.38. The minimum absolute atomic E-state index is 0.0185. The fourth-order valence-electron chi connectivity index (χ4n) is 6.99. The van der Waals surface area contributed by atoms with E-state index in [-0.39, 0.29) is 55.5 Å². The molecule has 0 aromatic heterocycles. The van der Waals surface area contributed by atoms with Crippen molar-refractivity contribution >= 4 is 22.0 Å². The van der Waals surface area contributed by atoms with Crippen LogP contribution in [0.25, 0.3) is 0 Å². The average molecular weight is 717 g/mol. The number of benzene rings is 2. The summed E-state index contributed by atoms with van der Waals surface area (Å²) in [6, 6.07) is 11.9. The molecule has 3 aliphatic rings. The summed E-state index contributed by atoms with van der Waals surface area (Å²) in [4.78, 5) is 26.0. The van der Waals surface area contributed by atoms with E-state index in [1.54, 1.807) is 0 Å². The summed E-state index contributed by atoms with van der Waals surface area (Å²) in [5.41, 5.74) is 0.220. The first-order valence-corrected chi connectivity index (χ1v) is 18.8. The molecule has 5 rings (SSSR count). The molecule has 0 saturated carbocycles. The number of fused-ring (bicyclic) bond motifs is 2. The molecule has 0 bridgehead atoms. The van der Waals surface area contributed by atoms with E-state index in [0.717, 1.165) is 16.9 Å². The number of hydrogen-bond donors (Lipinski definition) is 2. The lowest BCUT2D eigenvalue weighted by atomic mass is 9.87. The molecule has 0 spiro atoms. The van der Waals surface area contributed by atoms with Gasteiger partial charge in [-0.05, 0) is 48.8 Å². The zero-order valence-electron chi connectivity index (χ0n) is 29.3. The molecule has 276 valence electrons. The molecule has 2 fully saturated rings. The third-order valence-electron chi connectivity index (χ3n) is 9.75. The Balaban J connectivity index is 1.42. The summed E-state index contributed by atoms with van der Waals surface area (Å²) in [6.07, 6.45) is -0.668. The minimum atomic E-state index is -4.24. The number of carbonyl (C=O) groups is 2. The molecule has 2 saturated heterocycles. The number of amides is 2. The number of sulfonamides is 1. The van der Waals surface area contributed by atoms with Crippen molar-refractivity contribution in [3.8, 4) is 11.5 Å². The quantitative estimate of drug-likeness (QED) is 0.233. The molecule has 0 aliphatic carbocycles. The summed E-state index contributed by atoms with van der Waals surface area (Å²) >= 11 is 0. The highest BCUT2D eigenvalue weighted by Gasteiger charge is 2.47. The molecule has 13 nitrogen and oxygen atoms in total. The molecule has 0 radical (unpaired) electrons. The molecule has 2 amide bonds. The Labute approximate surface area is 294 Å². The van der Waals surface area contributed by atoms with E-state index in [4.69, 9.17) is 18.9 Å². The molecule has 0 unspecified atom stereocenters. The maximum Gasteiger partial charge on any atom is 0.243 e. The van der Waals surface area contributed by atoms with Crippen LogP contribution in [0, 0.1) is 17.3 Å². The standard InChI is InChI=1S/C36H51N3O10S/c1-24(2)33(41)37-16-9-8-15-36(3,4)22-38(50(44,45)26-12-13-31-32(19-26)49-23-48-31)20-30(40)28(18-25-10-6-5-7-11-25)39(35(42)43)29-21-47-34-27(29)14-17-46-34/h5-7,10-13,19,24,27-30,34,40H,8-9,14-18,20-23H2,1-4H3,(H,37,41)(H,42,43)/p-1/t27-,28-,29-,30+,34+/m0/s1. The predicted octanol–water partition coefficient (Wildman–Crippen LogP) is 2.75. The van der Waals surface area contributed by atoms with E-state index < -0.39 is 46.0 Å². The molecule has 3 heterocycles. The predicted molar refractivity (Wildman–Crippen MR) is 182 cm³/mol. The number of ether oxygens (including phenoxy) is 4. The first kappa shape index (κ1) is 37.8. The highest BCUT2D eigenvalue weighted by molar-refractivity contribution is 7.89. The number of carbonyl (C=O) groups excluding carboxylic acids is 2. The van der Waals surface area contributed by atoms with Crippen LogP contribution in [0.1, 0.15) is 58.9 Å². The third kappa shape index (κ3) is 9.07. The Bertz CT molecular complexity index is 1570. The van der Waals surface area contributed by atoms with Gasteiger partial charge in [0.25, 0.3) is 0 Å². The molecule has 2 aromatic carbocycles.